The Morgan fingerprint density at radius 1 is 1.19 bits per heavy atom. The van der Waals surface area contributed by atoms with Crippen molar-refractivity contribution in [1.82, 2.24) is 5.32 Å². The SMILES string of the molecule is CC(NC(=O)C1CCCCC1)(C(=O)O)c1ccc(F)cc1. The van der Waals surface area contributed by atoms with E-state index in [9.17, 15) is 19.1 Å². The van der Waals surface area contributed by atoms with Gasteiger partial charge in [0.2, 0.25) is 5.91 Å². The van der Waals surface area contributed by atoms with Crippen LogP contribution in [0.5, 0.6) is 0 Å². The Kier molecular flexibility index (Phi) is 4.60. The highest BCUT2D eigenvalue weighted by Gasteiger charge is 2.38. The summed E-state index contributed by atoms with van der Waals surface area (Å²) in [7, 11) is 0. The summed E-state index contributed by atoms with van der Waals surface area (Å²) in [5.41, 5.74) is -1.18. The fourth-order valence-electron chi connectivity index (χ4n) is 2.75. The van der Waals surface area contributed by atoms with Crippen LogP contribution >= 0.6 is 0 Å². The molecule has 1 aromatic rings. The molecule has 0 bridgehead atoms. The Balaban J connectivity index is 2.19. The molecule has 2 N–H and O–H groups in total. The second kappa shape index (κ2) is 6.24. The predicted molar refractivity (Wildman–Crippen MR) is 76.1 cm³/mol. The Labute approximate surface area is 123 Å². The van der Waals surface area contributed by atoms with Gasteiger partial charge in [0.15, 0.2) is 5.54 Å². The Hall–Kier alpha value is -1.91. The Bertz CT molecular complexity index is 523. The van der Waals surface area contributed by atoms with Crippen LogP contribution < -0.4 is 5.32 Å². The molecule has 0 spiro atoms. The molecule has 1 amide bonds. The largest absolute Gasteiger partial charge is 0.479 e. The smallest absolute Gasteiger partial charge is 0.333 e. The summed E-state index contributed by atoms with van der Waals surface area (Å²) in [5.74, 6) is -1.95. The average molecular weight is 293 g/mol. The summed E-state index contributed by atoms with van der Waals surface area (Å²) >= 11 is 0. The Morgan fingerprint density at radius 2 is 1.76 bits per heavy atom. The number of amides is 1. The summed E-state index contributed by atoms with van der Waals surface area (Å²) in [4.78, 5) is 23.9. The van der Waals surface area contributed by atoms with Crippen LogP contribution in [0.15, 0.2) is 24.3 Å². The third kappa shape index (κ3) is 3.40. The van der Waals surface area contributed by atoms with Crippen molar-refractivity contribution in [2.45, 2.75) is 44.6 Å². The number of halogens is 1. The first-order chi connectivity index (χ1) is 9.93. The quantitative estimate of drug-likeness (QED) is 0.897. The number of hydrogen-bond acceptors (Lipinski definition) is 2. The van der Waals surface area contributed by atoms with Crippen molar-refractivity contribution in [3.05, 3.63) is 35.6 Å². The molecule has 2 rings (SSSR count). The maximum absolute atomic E-state index is 13.0. The van der Waals surface area contributed by atoms with Crippen LogP contribution in [0.2, 0.25) is 0 Å². The molecule has 1 fully saturated rings. The lowest BCUT2D eigenvalue weighted by atomic mass is 9.86. The van der Waals surface area contributed by atoms with Crippen LogP contribution in [-0.2, 0) is 15.1 Å². The van der Waals surface area contributed by atoms with E-state index >= 15 is 0 Å². The average Bonchev–Trinajstić information content (AvgIpc) is 2.48. The zero-order valence-electron chi connectivity index (χ0n) is 12.1. The van der Waals surface area contributed by atoms with Crippen molar-refractivity contribution in [2.24, 2.45) is 5.92 Å². The van der Waals surface area contributed by atoms with E-state index in [-0.39, 0.29) is 11.8 Å². The number of carbonyl (C=O) groups excluding carboxylic acids is 1. The van der Waals surface area contributed by atoms with Crippen LogP contribution in [0, 0.1) is 11.7 Å². The highest BCUT2D eigenvalue weighted by molar-refractivity contribution is 5.88. The number of carboxylic acids is 1. The lowest BCUT2D eigenvalue weighted by molar-refractivity contribution is -0.148. The van der Waals surface area contributed by atoms with Gasteiger partial charge in [-0.3, -0.25) is 4.79 Å². The van der Waals surface area contributed by atoms with Crippen LogP contribution in [-0.4, -0.2) is 17.0 Å². The van der Waals surface area contributed by atoms with Gasteiger partial charge in [0.1, 0.15) is 5.82 Å². The maximum atomic E-state index is 13.0. The monoisotopic (exact) mass is 293 g/mol. The molecule has 0 radical (unpaired) electrons. The second-order valence-corrected chi connectivity index (χ2v) is 5.76. The highest BCUT2D eigenvalue weighted by atomic mass is 19.1. The third-order valence-electron chi connectivity index (χ3n) is 4.20. The van der Waals surface area contributed by atoms with Crippen LogP contribution in [0.4, 0.5) is 4.39 Å². The van der Waals surface area contributed by atoms with E-state index in [1.807, 2.05) is 0 Å². The van der Waals surface area contributed by atoms with Gasteiger partial charge in [-0.1, -0.05) is 31.4 Å². The standard InChI is InChI=1S/C16H20FNO3/c1-16(15(20)21,12-7-9-13(17)10-8-12)18-14(19)11-5-3-2-4-6-11/h7-11H,2-6H2,1H3,(H,18,19)(H,20,21). The van der Waals surface area contributed by atoms with Crippen LogP contribution in [0.1, 0.15) is 44.6 Å². The minimum Gasteiger partial charge on any atom is -0.479 e. The van der Waals surface area contributed by atoms with Crippen molar-refractivity contribution in [2.75, 3.05) is 0 Å². The number of benzene rings is 1. The summed E-state index contributed by atoms with van der Waals surface area (Å²) < 4.78 is 13.0. The van der Waals surface area contributed by atoms with E-state index in [4.69, 9.17) is 0 Å². The molecule has 21 heavy (non-hydrogen) atoms. The first-order valence-corrected chi connectivity index (χ1v) is 7.25. The van der Waals surface area contributed by atoms with E-state index in [1.165, 1.54) is 31.2 Å². The van der Waals surface area contributed by atoms with Crippen molar-refractivity contribution in [1.29, 1.82) is 0 Å². The minimum atomic E-state index is -1.54. The zero-order chi connectivity index (χ0) is 15.5. The van der Waals surface area contributed by atoms with E-state index in [1.54, 1.807) is 0 Å². The predicted octanol–water partition coefficient (Wildman–Crippen LogP) is 2.82. The topological polar surface area (TPSA) is 66.4 Å². The Morgan fingerprint density at radius 3 is 2.29 bits per heavy atom. The minimum absolute atomic E-state index is 0.127. The first kappa shape index (κ1) is 15.5. The number of nitrogens with one attached hydrogen (secondary N) is 1. The molecule has 1 atom stereocenters. The van der Waals surface area contributed by atoms with E-state index in [0.717, 1.165) is 32.1 Å². The molecule has 1 unspecified atom stereocenters. The van der Waals surface area contributed by atoms with Gasteiger partial charge in [-0.25, -0.2) is 9.18 Å². The van der Waals surface area contributed by atoms with Crippen molar-refractivity contribution in [3.63, 3.8) is 0 Å². The third-order valence-corrected chi connectivity index (χ3v) is 4.20. The number of hydrogen-bond donors (Lipinski definition) is 2. The molecule has 0 aromatic heterocycles. The summed E-state index contributed by atoms with van der Waals surface area (Å²) in [5, 5.41) is 12.1. The van der Waals surface area contributed by atoms with Gasteiger partial charge in [0, 0.05) is 5.92 Å². The maximum Gasteiger partial charge on any atom is 0.333 e. The van der Waals surface area contributed by atoms with Gasteiger partial charge in [0.05, 0.1) is 0 Å². The molecular weight excluding hydrogens is 273 g/mol. The van der Waals surface area contributed by atoms with Crippen molar-refractivity contribution >= 4 is 11.9 Å². The van der Waals surface area contributed by atoms with Gasteiger partial charge >= 0.3 is 5.97 Å². The molecule has 1 aromatic carbocycles. The molecule has 4 nitrogen and oxygen atoms in total. The summed E-state index contributed by atoms with van der Waals surface area (Å²) in [6, 6.07) is 5.18. The van der Waals surface area contributed by atoms with Gasteiger partial charge in [-0.2, -0.15) is 0 Å². The molecule has 1 aliphatic carbocycles. The highest BCUT2D eigenvalue weighted by Crippen LogP contribution is 2.27. The van der Waals surface area contributed by atoms with E-state index in [2.05, 4.69) is 5.32 Å². The summed E-state index contributed by atoms with van der Waals surface area (Å²) in [6.45, 7) is 1.43. The lowest BCUT2D eigenvalue weighted by Crippen LogP contribution is -2.51. The van der Waals surface area contributed by atoms with E-state index < -0.39 is 17.3 Å². The molecule has 1 aliphatic rings. The number of carboxylic acid groups (broad SMARTS) is 1. The molecular formula is C16H20FNO3. The first-order valence-electron chi connectivity index (χ1n) is 7.25. The van der Waals surface area contributed by atoms with Gasteiger partial charge in [0.25, 0.3) is 0 Å². The number of carbonyl (C=O) groups is 2. The van der Waals surface area contributed by atoms with E-state index in [0.29, 0.717) is 5.56 Å². The fourth-order valence-corrected chi connectivity index (χ4v) is 2.75. The molecule has 5 heteroatoms. The molecule has 114 valence electrons. The zero-order valence-corrected chi connectivity index (χ0v) is 12.1. The van der Waals surface area contributed by atoms with Crippen molar-refractivity contribution < 1.29 is 19.1 Å². The molecule has 0 aliphatic heterocycles. The van der Waals surface area contributed by atoms with Gasteiger partial charge < -0.3 is 10.4 Å². The molecule has 0 saturated heterocycles. The molecule has 0 heterocycles. The second-order valence-electron chi connectivity index (χ2n) is 5.76. The fraction of sp³-hybridized carbons (Fsp3) is 0.500. The van der Waals surface area contributed by atoms with Crippen LogP contribution in [0.3, 0.4) is 0 Å². The normalized spacial score (nSPS) is 18.8. The number of rotatable bonds is 4. The molecule has 1 saturated carbocycles. The summed E-state index contributed by atoms with van der Waals surface area (Å²) in [6.07, 6.45) is 4.71. The number of aliphatic carboxylic acids is 1. The van der Waals surface area contributed by atoms with Gasteiger partial charge in [-0.05, 0) is 37.5 Å². The lowest BCUT2D eigenvalue weighted by Gasteiger charge is -2.30. The van der Waals surface area contributed by atoms with Gasteiger partial charge in [-0.15, -0.1) is 0 Å². The van der Waals surface area contributed by atoms with Crippen molar-refractivity contribution in [3.8, 4) is 0 Å². The van der Waals surface area contributed by atoms with Crippen LogP contribution in [0.25, 0.3) is 0 Å².